The summed E-state index contributed by atoms with van der Waals surface area (Å²) in [6, 6.07) is 6.12. The van der Waals surface area contributed by atoms with E-state index in [0.29, 0.717) is 16.9 Å². The average molecular weight is 462 g/mol. The summed E-state index contributed by atoms with van der Waals surface area (Å²) in [5.74, 6) is -3.04. The van der Waals surface area contributed by atoms with Gasteiger partial charge in [-0.15, -0.1) is 0 Å². The fourth-order valence-corrected chi connectivity index (χ4v) is 4.21. The lowest BCUT2D eigenvalue weighted by atomic mass is 10.1. The van der Waals surface area contributed by atoms with Crippen molar-refractivity contribution >= 4 is 57.9 Å². The van der Waals surface area contributed by atoms with Gasteiger partial charge in [-0.25, -0.2) is 4.79 Å². The molecule has 1 aliphatic heterocycles. The van der Waals surface area contributed by atoms with E-state index in [4.69, 9.17) is 21.7 Å². The second-order valence-corrected chi connectivity index (χ2v) is 8.14. The van der Waals surface area contributed by atoms with Gasteiger partial charge in [-0.2, -0.15) is 0 Å². The minimum absolute atomic E-state index is 0.0607. The van der Waals surface area contributed by atoms with Crippen molar-refractivity contribution in [2.75, 3.05) is 0 Å². The highest BCUT2D eigenvalue weighted by molar-refractivity contribution is 8.26. The minimum Gasteiger partial charge on any atom is -0.481 e. The third-order valence-corrected chi connectivity index (χ3v) is 5.71. The number of hydrogen-bond acceptors (Lipinski definition) is 8. The van der Waals surface area contributed by atoms with Gasteiger partial charge >= 0.3 is 11.9 Å². The molecule has 1 atom stereocenters. The summed E-state index contributed by atoms with van der Waals surface area (Å²) in [5, 5.41) is 29.4. The summed E-state index contributed by atoms with van der Waals surface area (Å²) in [5.41, 5.74) is 0.907. The number of aliphatic carboxylic acids is 2. The summed E-state index contributed by atoms with van der Waals surface area (Å²) in [6.07, 6.45) is 0.553. The number of rotatable bonds is 7. The molecular formula is C19H14N2O8S2. The first-order valence-corrected chi connectivity index (χ1v) is 9.88. The van der Waals surface area contributed by atoms with Crippen molar-refractivity contribution in [3.8, 4) is 11.3 Å². The Balaban J connectivity index is 1.88. The number of thioether (sulfide) groups is 1. The molecule has 1 amide bonds. The first kappa shape index (κ1) is 22.2. The van der Waals surface area contributed by atoms with Gasteiger partial charge < -0.3 is 14.6 Å². The largest absolute Gasteiger partial charge is 0.481 e. The smallest absolute Gasteiger partial charge is 0.327 e. The molecule has 0 aliphatic carbocycles. The standard InChI is InChI=1S/C19H14N2O8S2/c1-9-2-3-10(6-12(9)21(27)28)14-5-4-11(29-14)7-15-17(24)20(19(30)31-15)13(18(25)26)8-16(22)23/h2-7,13H,8H2,1H3,(H,22,23)(H,25,26)/b15-7+/t13-/m0/s1. The summed E-state index contributed by atoms with van der Waals surface area (Å²) < 4.78 is 5.58. The van der Waals surface area contributed by atoms with Gasteiger partial charge in [0.05, 0.1) is 16.2 Å². The van der Waals surface area contributed by atoms with Gasteiger partial charge in [-0.3, -0.25) is 24.6 Å². The number of aryl methyl sites for hydroxylation is 1. The number of nitrogens with zero attached hydrogens (tertiary/aromatic N) is 2. The van der Waals surface area contributed by atoms with Crippen molar-refractivity contribution in [3.63, 3.8) is 0 Å². The first-order chi connectivity index (χ1) is 14.6. The number of amides is 1. The van der Waals surface area contributed by atoms with Crippen LogP contribution in [0.3, 0.4) is 0 Å². The van der Waals surface area contributed by atoms with Crippen LogP contribution in [0.1, 0.15) is 17.7 Å². The molecule has 3 rings (SSSR count). The van der Waals surface area contributed by atoms with Crippen LogP contribution in [0, 0.1) is 17.0 Å². The van der Waals surface area contributed by atoms with Gasteiger partial charge in [-0.1, -0.05) is 36.1 Å². The van der Waals surface area contributed by atoms with E-state index in [0.717, 1.165) is 16.7 Å². The molecule has 0 bridgehead atoms. The Morgan fingerprint density at radius 1 is 1.32 bits per heavy atom. The molecule has 1 aromatic carbocycles. The van der Waals surface area contributed by atoms with E-state index in [9.17, 15) is 29.6 Å². The lowest BCUT2D eigenvalue weighted by molar-refractivity contribution is -0.385. The molecule has 12 heteroatoms. The van der Waals surface area contributed by atoms with Crippen LogP contribution >= 0.6 is 24.0 Å². The fraction of sp³-hybridized carbons (Fsp3) is 0.158. The maximum Gasteiger partial charge on any atom is 0.327 e. The van der Waals surface area contributed by atoms with Crippen LogP contribution in [0.5, 0.6) is 0 Å². The van der Waals surface area contributed by atoms with Crippen molar-refractivity contribution in [1.29, 1.82) is 0 Å². The van der Waals surface area contributed by atoms with E-state index in [1.807, 2.05) is 0 Å². The van der Waals surface area contributed by atoms with Crippen LogP contribution in [0.2, 0.25) is 0 Å². The summed E-state index contributed by atoms with van der Waals surface area (Å²) in [6.45, 7) is 1.62. The molecular weight excluding hydrogens is 448 g/mol. The van der Waals surface area contributed by atoms with Crippen LogP contribution in [0.4, 0.5) is 5.69 Å². The van der Waals surface area contributed by atoms with Crippen LogP contribution < -0.4 is 0 Å². The predicted molar refractivity (Wildman–Crippen MR) is 114 cm³/mol. The molecule has 160 valence electrons. The molecule has 2 aromatic rings. The highest BCUT2D eigenvalue weighted by Crippen LogP contribution is 2.36. The van der Waals surface area contributed by atoms with E-state index in [1.54, 1.807) is 31.2 Å². The van der Waals surface area contributed by atoms with Gasteiger partial charge in [0.2, 0.25) is 0 Å². The number of furan rings is 1. The number of thiocarbonyl (C=S) groups is 1. The Morgan fingerprint density at radius 3 is 2.65 bits per heavy atom. The molecule has 1 saturated heterocycles. The normalized spacial score (nSPS) is 16.0. The van der Waals surface area contributed by atoms with Crippen molar-refractivity contribution in [2.45, 2.75) is 19.4 Å². The maximum absolute atomic E-state index is 12.7. The lowest BCUT2D eigenvalue weighted by Crippen LogP contribution is -2.45. The Hall–Kier alpha value is -3.51. The molecule has 0 saturated carbocycles. The number of nitro benzene ring substituents is 1. The first-order valence-electron chi connectivity index (χ1n) is 8.65. The Labute approximate surface area is 184 Å². The van der Waals surface area contributed by atoms with E-state index in [2.05, 4.69) is 0 Å². The molecule has 2 heterocycles. The second kappa shape index (κ2) is 8.70. The highest BCUT2D eigenvalue weighted by Gasteiger charge is 2.41. The Kier molecular flexibility index (Phi) is 6.22. The zero-order chi connectivity index (χ0) is 22.9. The SMILES string of the molecule is Cc1ccc(-c2ccc(/C=C3/SC(=S)N([C@@H](CC(=O)O)C(=O)O)C3=O)o2)cc1[N+](=O)[O-]. The molecule has 0 radical (unpaired) electrons. The molecule has 2 N–H and O–H groups in total. The quantitative estimate of drug-likeness (QED) is 0.271. The average Bonchev–Trinajstić information content (AvgIpc) is 3.25. The zero-order valence-electron chi connectivity index (χ0n) is 15.8. The summed E-state index contributed by atoms with van der Waals surface area (Å²) >= 11 is 5.89. The molecule has 1 fully saturated rings. The molecule has 31 heavy (non-hydrogen) atoms. The number of carbonyl (C=O) groups is 3. The van der Waals surface area contributed by atoms with Gasteiger partial charge in [0.25, 0.3) is 11.6 Å². The number of carboxylic acids is 2. The van der Waals surface area contributed by atoms with Gasteiger partial charge in [0, 0.05) is 23.3 Å². The number of carboxylic acid groups (broad SMARTS) is 2. The van der Waals surface area contributed by atoms with E-state index in [-0.39, 0.29) is 20.7 Å². The van der Waals surface area contributed by atoms with Crippen LogP contribution in [-0.2, 0) is 14.4 Å². The Bertz CT molecular complexity index is 1150. The van der Waals surface area contributed by atoms with Crippen LogP contribution in [-0.4, -0.2) is 48.2 Å². The van der Waals surface area contributed by atoms with Gasteiger partial charge in [0.15, 0.2) is 0 Å². The Morgan fingerprint density at radius 2 is 2.03 bits per heavy atom. The van der Waals surface area contributed by atoms with Gasteiger partial charge in [0.1, 0.15) is 21.9 Å². The number of hydrogen-bond donors (Lipinski definition) is 2. The minimum atomic E-state index is -1.63. The van der Waals surface area contributed by atoms with Crippen LogP contribution in [0.15, 0.2) is 39.7 Å². The van der Waals surface area contributed by atoms with E-state index >= 15 is 0 Å². The number of carbonyl (C=O) groups excluding carboxylic acids is 1. The topological polar surface area (TPSA) is 151 Å². The van der Waals surface area contributed by atoms with Crippen molar-refractivity contribution < 1.29 is 33.9 Å². The lowest BCUT2D eigenvalue weighted by Gasteiger charge is -2.21. The molecule has 1 aliphatic rings. The van der Waals surface area contributed by atoms with Crippen LogP contribution in [0.25, 0.3) is 17.4 Å². The number of nitro groups is 1. The third kappa shape index (κ3) is 4.64. The summed E-state index contributed by atoms with van der Waals surface area (Å²) in [4.78, 5) is 46.5. The molecule has 10 nitrogen and oxygen atoms in total. The van der Waals surface area contributed by atoms with E-state index in [1.165, 1.54) is 12.1 Å². The number of benzene rings is 1. The summed E-state index contributed by atoms with van der Waals surface area (Å²) in [7, 11) is 0. The van der Waals surface area contributed by atoms with Gasteiger partial charge in [-0.05, 0) is 19.1 Å². The van der Waals surface area contributed by atoms with Crippen molar-refractivity contribution in [3.05, 3.63) is 56.7 Å². The second-order valence-electron chi connectivity index (χ2n) is 6.46. The highest BCUT2D eigenvalue weighted by atomic mass is 32.2. The van der Waals surface area contributed by atoms with E-state index < -0.39 is 35.2 Å². The predicted octanol–water partition coefficient (Wildman–Crippen LogP) is 3.29. The van der Waals surface area contributed by atoms with Crippen molar-refractivity contribution in [2.24, 2.45) is 0 Å². The maximum atomic E-state index is 12.7. The monoisotopic (exact) mass is 462 g/mol. The molecule has 0 spiro atoms. The molecule has 1 aromatic heterocycles. The third-order valence-electron chi connectivity index (χ3n) is 4.38. The zero-order valence-corrected chi connectivity index (χ0v) is 17.4. The van der Waals surface area contributed by atoms with Crippen molar-refractivity contribution in [1.82, 2.24) is 4.90 Å². The molecule has 0 unspecified atom stereocenters. The fourth-order valence-electron chi connectivity index (χ4n) is 2.88.